The van der Waals surface area contributed by atoms with Crippen LogP contribution in [0.1, 0.15) is 32.0 Å². The summed E-state index contributed by atoms with van der Waals surface area (Å²) in [6, 6.07) is 3.83. The Morgan fingerprint density at radius 3 is 2.53 bits per heavy atom. The fraction of sp³-hybridized carbons (Fsp3) is 0.545. The molecule has 0 aromatic carbocycles. The Morgan fingerprint density at radius 2 is 1.93 bits per heavy atom. The predicted molar refractivity (Wildman–Crippen MR) is 58.7 cm³/mol. The van der Waals surface area contributed by atoms with E-state index < -0.39 is 9.84 Å². The minimum atomic E-state index is -3.10. The quantitative estimate of drug-likeness (QED) is 0.675. The van der Waals surface area contributed by atoms with Crippen LogP contribution in [0.25, 0.3) is 0 Å². The Labute approximate surface area is 90.5 Å². The molecule has 1 aliphatic heterocycles. The molecule has 0 aliphatic carbocycles. The van der Waals surface area contributed by atoms with Crippen LogP contribution in [-0.4, -0.2) is 19.2 Å². The lowest BCUT2D eigenvalue weighted by Crippen LogP contribution is -2.15. The van der Waals surface area contributed by atoms with E-state index in [0.717, 1.165) is 11.3 Å². The van der Waals surface area contributed by atoms with Gasteiger partial charge in [0.2, 0.25) is 0 Å². The molecule has 3 nitrogen and oxygen atoms in total. The lowest BCUT2D eigenvalue weighted by molar-refractivity contribution is 0.557. The normalized spacial score (nSPS) is 18.9. The zero-order chi connectivity index (χ0) is 11.3. The van der Waals surface area contributed by atoms with Gasteiger partial charge in [-0.2, -0.15) is 0 Å². The van der Waals surface area contributed by atoms with Gasteiger partial charge in [-0.15, -0.1) is 0 Å². The van der Waals surface area contributed by atoms with E-state index in [-0.39, 0.29) is 11.2 Å². The van der Waals surface area contributed by atoms with Crippen LogP contribution in [0.3, 0.4) is 0 Å². The van der Waals surface area contributed by atoms with Crippen LogP contribution in [0.5, 0.6) is 0 Å². The van der Waals surface area contributed by atoms with Crippen molar-refractivity contribution in [1.82, 2.24) is 4.98 Å². The molecule has 0 amide bonds. The third kappa shape index (κ3) is 1.78. The average molecular weight is 225 g/mol. The number of hydrogen-bond acceptors (Lipinski definition) is 3. The smallest absolute Gasteiger partial charge is 0.196 e. The largest absolute Gasteiger partial charge is 0.240 e. The molecule has 1 aromatic rings. The summed E-state index contributed by atoms with van der Waals surface area (Å²) in [5.74, 6) is 0.211. The monoisotopic (exact) mass is 225 g/mol. The number of nitrogens with zero attached hydrogens (tertiary/aromatic N) is 1. The maximum Gasteiger partial charge on any atom is 0.196 e. The molecular weight excluding hydrogens is 210 g/mol. The predicted octanol–water partition coefficient (Wildman–Crippen LogP) is 1.71. The summed E-state index contributed by atoms with van der Waals surface area (Å²) < 4.78 is 23.3. The highest BCUT2D eigenvalue weighted by molar-refractivity contribution is 7.91. The summed E-state index contributed by atoms with van der Waals surface area (Å²) in [7, 11) is -3.10. The number of aromatic nitrogens is 1. The molecule has 82 valence electrons. The Bertz CT molecular complexity index is 498. The van der Waals surface area contributed by atoms with Gasteiger partial charge in [-0.05, 0) is 18.1 Å². The molecule has 0 fully saturated rings. The van der Waals surface area contributed by atoms with Crippen LogP contribution in [0.4, 0.5) is 0 Å². The minimum Gasteiger partial charge on any atom is -0.240 e. The van der Waals surface area contributed by atoms with Crippen LogP contribution in [-0.2, 0) is 21.7 Å². The molecule has 4 heteroatoms. The molecule has 0 saturated heterocycles. The van der Waals surface area contributed by atoms with Gasteiger partial charge < -0.3 is 0 Å². The Hall–Kier alpha value is -0.900. The maximum atomic E-state index is 11.7. The Kier molecular flexibility index (Phi) is 2.15. The molecule has 1 aliphatic rings. The van der Waals surface area contributed by atoms with Crippen molar-refractivity contribution in [3.63, 3.8) is 0 Å². The second kappa shape index (κ2) is 3.04. The van der Waals surface area contributed by atoms with Gasteiger partial charge in [0.15, 0.2) is 14.9 Å². The van der Waals surface area contributed by atoms with Crippen molar-refractivity contribution in [2.45, 2.75) is 37.6 Å². The number of sulfone groups is 1. The molecule has 2 heterocycles. The van der Waals surface area contributed by atoms with Gasteiger partial charge in [0, 0.05) is 11.1 Å². The van der Waals surface area contributed by atoms with Crippen molar-refractivity contribution >= 4 is 9.84 Å². The molecule has 0 spiro atoms. The first-order chi connectivity index (χ1) is 6.81. The van der Waals surface area contributed by atoms with Crippen molar-refractivity contribution in [2.24, 2.45) is 0 Å². The molecule has 2 rings (SSSR count). The first-order valence-electron chi connectivity index (χ1n) is 5.04. The minimum absolute atomic E-state index is 0.104. The topological polar surface area (TPSA) is 47.0 Å². The molecule has 1 aromatic heterocycles. The van der Waals surface area contributed by atoms with Gasteiger partial charge in [0.25, 0.3) is 0 Å². The molecule has 0 unspecified atom stereocenters. The first kappa shape index (κ1) is 10.6. The lowest BCUT2D eigenvalue weighted by Gasteiger charge is -2.18. The maximum absolute atomic E-state index is 11.7. The summed E-state index contributed by atoms with van der Waals surface area (Å²) in [5, 5.41) is 0.301. The van der Waals surface area contributed by atoms with Crippen LogP contribution in [0.15, 0.2) is 17.2 Å². The van der Waals surface area contributed by atoms with Crippen molar-refractivity contribution < 1.29 is 8.42 Å². The van der Waals surface area contributed by atoms with E-state index in [1.165, 1.54) is 0 Å². The fourth-order valence-electron chi connectivity index (χ4n) is 1.69. The van der Waals surface area contributed by atoms with Crippen molar-refractivity contribution in [2.75, 3.05) is 5.75 Å². The Morgan fingerprint density at radius 1 is 1.27 bits per heavy atom. The van der Waals surface area contributed by atoms with E-state index >= 15 is 0 Å². The first-order valence-corrected chi connectivity index (χ1v) is 6.69. The van der Waals surface area contributed by atoms with Crippen LogP contribution in [0, 0.1) is 0 Å². The van der Waals surface area contributed by atoms with Crippen LogP contribution < -0.4 is 0 Å². The zero-order valence-electron chi connectivity index (χ0n) is 9.24. The van der Waals surface area contributed by atoms with Gasteiger partial charge in [-0.3, -0.25) is 0 Å². The zero-order valence-corrected chi connectivity index (χ0v) is 10.1. The van der Waals surface area contributed by atoms with Crippen LogP contribution in [0.2, 0.25) is 0 Å². The summed E-state index contributed by atoms with van der Waals surface area (Å²) in [4.78, 5) is 4.29. The van der Waals surface area contributed by atoms with E-state index in [1.807, 2.05) is 32.9 Å². The van der Waals surface area contributed by atoms with E-state index in [9.17, 15) is 8.42 Å². The molecule has 0 atom stereocenters. The summed E-state index contributed by atoms with van der Waals surface area (Å²) in [6.45, 7) is 6.09. The molecule has 15 heavy (non-hydrogen) atoms. The highest BCUT2D eigenvalue weighted by Gasteiger charge is 2.29. The number of hydrogen-bond donors (Lipinski definition) is 0. The van der Waals surface area contributed by atoms with Gasteiger partial charge in [-0.1, -0.05) is 26.8 Å². The average Bonchev–Trinajstić information content (AvgIpc) is 2.41. The standard InChI is InChI=1S/C11H15NO2S/c1-11(2,3)9-5-4-8-6-7-15(13,14)10(8)12-9/h4-5H,6-7H2,1-3H3. The lowest BCUT2D eigenvalue weighted by atomic mass is 9.91. The number of aryl methyl sites for hydroxylation is 1. The van der Waals surface area contributed by atoms with Gasteiger partial charge in [0.05, 0.1) is 5.75 Å². The highest BCUT2D eigenvalue weighted by Crippen LogP contribution is 2.28. The van der Waals surface area contributed by atoms with Crippen molar-refractivity contribution in [3.8, 4) is 0 Å². The number of fused-ring (bicyclic) bond motifs is 1. The molecule has 0 radical (unpaired) electrons. The third-order valence-electron chi connectivity index (χ3n) is 2.64. The third-order valence-corrected chi connectivity index (χ3v) is 4.33. The molecule has 0 saturated carbocycles. The van der Waals surface area contributed by atoms with E-state index in [2.05, 4.69) is 4.98 Å². The van der Waals surface area contributed by atoms with Crippen molar-refractivity contribution in [3.05, 3.63) is 23.4 Å². The second-order valence-electron chi connectivity index (χ2n) is 4.98. The number of pyridine rings is 1. The summed E-state index contributed by atoms with van der Waals surface area (Å²) in [6.07, 6.45) is 0.606. The van der Waals surface area contributed by atoms with Crippen molar-refractivity contribution in [1.29, 1.82) is 0 Å². The van der Waals surface area contributed by atoms with E-state index in [0.29, 0.717) is 11.4 Å². The molecular formula is C11H15NO2S. The fourth-order valence-corrected chi connectivity index (χ4v) is 3.18. The van der Waals surface area contributed by atoms with Gasteiger partial charge in [-0.25, -0.2) is 13.4 Å². The highest BCUT2D eigenvalue weighted by atomic mass is 32.2. The SMILES string of the molecule is CC(C)(C)c1ccc2c(n1)S(=O)(=O)CC2. The second-order valence-corrected chi connectivity index (χ2v) is 7.00. The summed E-state index contributed by atoms with van der Waals surface area (Å²) in [5.41, 5.74) is 1.60. The summed E-state index contributed by atoms with van der Waals surface area (Å²) >= 11 is 0. The van der Waals surface area contributed by atoms with Gasteiger partial charge >= 0.3 is 0 Å². The number of rotatable bonds is 0. The Balaban J connectivity index is 2.61. The van der Waals surface area contributed by atoms with E-state index in [1.54, 1.807) is 0 Å². The van der Waals surface area contributed by atoms with Crippen LogP contribution >= 0.6 is 0 Å². The molecule has 0 N–H and O–H groups in total. The van der Waals surface area contributed by atoms with Gasteiger partial charge in [0.1, 0.15) is 0 Å². The van der Waals surface area contributed by atoms with E-state index in [4.69, 9.17) is 0 Å². The molecule has 0 bridgehead atoms.